The number of nitrogens with two attached hydrogens (primary N) is 1. The second-order valence-electron chi connectivity index (χ2n) is 6.39. The van der Waals surface area contributed by atoms with Crippen LogP contribution in [0.25, 0.3) is 0 Å². The van der Waals surface area contributed by atoms with Gasteiger partial charge in [0.05, 0.1) is 5.54 Å². The van der Waals surface area contributed by atoms with Crippen LogP contribution in [0.5, 0.6) is 0 Å². The van der Waals surface area contributed by atoms with Crippen LogP contribution in [0.4, 0.5) is 0 Å². The number of carbonyl (C=O) groups excluding carboxylic acids is 1. The van der Waals surface area contributed by atoms with Crippen LogP contribution >= 0.6 is 0 Å². The third kappa shape index (κ3) is 2.54. The Morgan fingerprint density at radius 3 is 2.44 bits per heavy atom. The summed E-state index contributed by atoms with van der Waals surface area (Å²) >= 11 is 0. The first-order valence-electron chi connectivity index (χ1n) is 7.24. The molecule has 104 valence electrons. The van der Waals surface area contributed by atoms with Crippen LogP contribution in [-0.2, 0) is 4.79 Å². The van der Waals surface area contributed by atoms with Gasteiger partial charge in [0.15, 0.2) is 0 Å². The lowest BCUT2D eigenvalue weighted by atomic mass is 9.90. The molecule has 2 saturated carbocycles. The molecule has 0 aromatic carbocycles. The molecule has 0 aliphatic heterocycles. The first-order valence-corrected chi connectivity index (χ1v) is 7.24. The number of hydrogen-bond acceptors (Lipinski definition) is 3. The van der Waals surface area contributed by atoms with Gasteiger partial charge in [-0.1, -0.05) is 6.42 Å². The third-order valence-corrected chi connectivity index (χ3v) is 4.75. The molecule has 0 saturated heterocycles. The van der Waals surface area contributed by atoms with Crippen LogP contribution in [0.15, 0.2) is 0 Å². The number of nitrogens with one attached hydrogen (secondary N) is 1. The second-order valence-corrected chi connectivity index (χ2v) is 6.39. The summed E-state index contributed by atoms with van der Waals surface area (Å²) in [5.41, 5.74) is 5.17. The molecule has 2 atom stereocenters. The van der Waals surface area contributed by atoms with Crippen molar-refractivity contribution in [1.29, 1.82) is 0 Å². The van der Waals surface area contributed by atoms with Crippen molar-refractivity contribution in [2.75, 3.05) is 7.05 Å². The minimum absolute atomic E-state index is 0.180. The van der Waals surface area contributed by atoms with Gasteiger partial charge in [-0.15, -0.1) is 0 Å². The monoisotopic (exact) mass is 253 g/mol. The molecule has 4 heteroatoms. The molecule has 3 N–H and O–H groups in total. The SMILES string of the molecule is CC(C)NC1(C(N)=O)CCC(N(C)C2CCC2)C1. The Hall–Kier alpha value is -0.610. The fourth-order valence-electron chi connectivity index (χ4n) is 3.44. The van der Waals surface area contributed by atoms with E-state index in [-0.39, 0.29) is 5.91 Å². The van der Waals surface area contributed by atoms with E-state index in [1.54, 1.807) is 0 Å². The van der Waals surface area contributed by atoms with Crippen molar-refractivity contribution in [3.63, 3.8) is 0 Å². The van der Waals surface area contributed by atoms with E-state index in [2.05, 4.69) is 31.1 Å². The highest BCUT2D eigenvalue weighted by molar-refractivity contribution is 5.85. The van der Waals surface area contributed by atoms with Gasteiger partial charge in [-0.25, -0.2) is 0 Å². The molecule has 0 spiro atoms. The molecule has 2 rings (SSSR count). The minimum Gasteiger partial charge on any atom is -0.368 e. The molecular formula is C14H27N3O. The van der Waals surface area contributed by atoms with Crippen LogP contribution in [0.3, 0.4) is 0 Å². The Labute approximate surface area is 110 Å². The van der Waals surface area contributed by atoms with Crippen LogP contribution < -0.4 is 11.1 Å². The van der Waals surface area contributed by atoms with Crippen LogP contribution in [0.1, 0.15) is 52.4 Å². The number of amides is 1. The summed E-state index contributed by atoms with van der Waals surface area (Å²) in [6.07, 6.45) is 6.81. The van der Waals surface area contributed by atoms with Crippen molar-refractivity contribution < 1.29 is 4.79 Å². The summed E-state index contributed by atoms with van der Waals surface area (Å²) < 4.78 is 0. The first-order chi connectivity index (χ1) is 8.44. The van der Waals surface area contributed by atoms with Gasteiger partial charge in [-0.3, -0.25) is 4.79 Å². The number of hydrogen-bond donors (Lipinski definition) is 2. The highest BCUT2D eigenvalue weighted by Crippen LogP contribution is 2.36. The molecule has 0 bridgehead atoms. The normalized spacial score (nSPS) is 33.1. The third-order valence-electron chi connectivity index (χ3n) is 4.75. The maximum Gasteiger partial charge on any atom is 0.237 e. The van der Waals surface area contributed by atoms with Crippen molar-refractivity contribution in [1.82, 2.24) is 10.2 Å². The lowest BCUT2D eigenvalue weighted by Crippen LogP contribution is -2.57. The quantitative estimate of drug-likeness (QED) is 0.775. The first kappa shape index (κ1) is 13.8. The predicted molar refractivity (Wildman–Crippen MR) is 73.2 cm³/mol. The highest BCUT2D eigenvalue weighted by Gasteiger charge is 2.46. The van der Waals surface area contributed by atoms with E-state index in [9.17, 15) is 4.79 Å². The van der Waals surface area contributed by atoms with Crippen molar-refractivity contribution in [3.05, 3.63) is 0 Å². The average molecular weight is 253 g/mol. The van der Waals surface area contributed by atoms with E-state index in [0.717, 1.165) is 25.3 Å². The fourth-order valence-corrected chi connectivity index (χ4v) is 3.44. The highest BCUT2D eigenvalue weighted by atomic mass is 16.1. The summed E-state index contributed by atoms with van der Waals surface area (Å²) in [4.78, 5) is 14.3. The van der Waals surface area contributed by atoms with E-state index in [1.807, 2.05) is 0 Å². The maximum atomic E-state index is 11.8. The maximum absolute atomic E-state index is 11.8. The van der Waals surface area contributed by atoms with Crippen molar-refractivity contribution in [2.45, 2.75) is 76.0 Å². The van der Waals surface area contributed by atoms with Gasteiger partial charge in [-0.2, -0.15) is 0 Å². The van der Waals surface area contributed by atoms with Gasteiger partial charge in [0.2, 0.25) is 5.91 Å². The Kier molecular flexibility index (Phi) is 3.97. The summed E-state index contributed by atoms with van der Waals surface area (Å²) in [5.74, 6) is -0.180. The molecule has 18 heavy (non-hydrogen) atoms. The van der Waals surface area contributed by atoms with Crippen molar-refractivity contribution in [3.8, 4) is 0 Å². The summed E-state index contributed by atoms with van der Waals surface area (Å²) in [6, 6.07) is 1.54. The molecule has 4 nitrogen and oxygen atoms in total. The van der Waals surface area contributed by atoms with Crippen molar-refractivity contribution in [2.24, 2.45) is 5.73 Å². The van der Waals surface area contributed by atoms with E-state index < -0.39 is 5.54 Å². The predicted octanol–water partition coefficient (Wildman–Crippen LogP) is 1.25. The average Bonchev–Trinajstić information content (AvgIpc) is 2.59. The molecular weight excluding hydrogens is 226 g/mol. The standard InChI is InChI=1S/C14H27N3O/c1-10(2)16-14(13(15)18)8-7-12(9-14)17(3)11-5-4-6-11/h10-12,16H,4-9H2,1-3H3,(H2,15,18). The molecule has 0 heterocycles. The second kappa shape index (κ2) is 5.17. The Bertz CT molecular complexity index is 314. The van der Waals surface area contributed by atoms with Gasteiger partial charge in [0.1, 0.15) is 0 Å². The number of nitrogens with zero attached hydrogens (tertiary/aromatic N) is 1. The Morgan fingerprint density at radius 1 is 1.33 bits per heavy atom. The molecule has 2 fully saturated rings. The summed E-state index contributed by atoms with van der Waals surface area (Å²) in [7, 11) is 2.21. The summed E-state index contributed by atoms with van der Waals surface area (Å²) in [5, 5.41) is 3.41. The van der Waals surface area contributed by atoms with Crippen LogP contribution in [0, 0.1) is 0 Å². The molecule has 1 amide bonds. The van der Waals surface area contributed by atoms with Gasteiger partial charge in [0.25, 0.3) is 0 Å². The molecule has 0 radical (unpaired) electrons. The molecule has 2 aliphatic rings. The topological polar surface area (TPSA) is 58.4 Å². The lowest BCUT2D eigenvalue weighted by molar-refractivity contribution is -0.124. The fraction of sp³-hybridized carbons (Fsp3) is 0.929. The van der Waals surface area contributed by atoms with Gasteiger partial charge < -0.3 is 16.0 Å². The van der Waals surface area contributed by atoms with Gasteiger partial charge >= 0.3 is 0 Å². The van der Waals surface area contributed by atoms with Crippen LogP contribution in [-0.4, -0.2) is 41.5 Å². The molecule has 0 aromatic heterocycles. The molecule has 2 unspecified atom stereocenters. The Balaban J connectivity index is 2.00. The van der Waals surface area contributed by atoms with Crippen molar-refractivity contribution >= 4 is 5.91 Å². The van der Waals surface area contributed by atoms with E-state index in [0.29, 0.717) is 12.1 Å². The smallest absolute Gasteiger partial charge is 0.237 e. The molecule has 0 aromatic rings. The van der Waals surface area contributed by atoms with E-state index in [1.165, 1.54) is 19.3 Å². The molecule has 2 aliphatic carbocycles. The number of carbonyl (C=O) groups is 1. The zero-order chi connectivity index (χ0) is 13.3. The number of primary amides is 1. The minimum atomic E-state index is -0.475. The largest absolute Gasteiger partial charge is 0.368 e. The lowest BCUT2D eigenvalue weighted by Gasteiger charge is -2.39. The zero-order valence-corrected chi connectivity index (χ0v) is 11.9. The van der Waals surface area contributed by atoms with Gasteiger partial charge in [-0.05, 0) is 53.0 Å². The summed E-state index contributed by atoms with van der Waals surface area (Å²) in [6.45, 7) is 4.15. The van der Waals surface area contributed by atoms with Gasteiger partial charge in [0, 0.05) is 18.1 Å². The van der Waals surface area contributed by atoms with Crippen LogP contribution in [0.2, 0.25) is 0 Å². The number of rotatable bonds is 5. The Morgan fingerprint density at radius 2 is 2.00 bits per heavy atom. The zero-order valence-electron chi connectivity index (χ0n) is 11.9. The van der Waals surface area contributed by atoms with E-state index >= 15 is 0 Å². The van der Waals surface area contributed by atoms with E-state index in [4.69, 9.17) is 5.73 Å².